The van der Waals surface area contributed by atoms with E-state index >= 15 is 4.39 Å². The Morgan fingerprint density at radius 3 is 2.55 bits per heavy atom. The van der Waals surface area contributed by atoms with E-state index in [-0.39, 0.29) is 18.6 Å². The molecule has 8 heteroatoms. The molecule has 0 bridgehead atoms. The van der Waals surface area contributed by atoms with Crippen LogP contribution in [0.15, 0.2) is 23.8 Å². The summed E-state index contributed by atoms with van der Waals surface area (Å²) in [4.78, 5) is 35.9. The van der Waals surface area contributed by atoms with Crippen LogP contribution in [0.2, 0.25) is 0 Å². The van der Waals surface area contributed by atoms with Crippen LogP contribution in [0.4, 0.5) is 4.39 Å². The van der Waals surface area contributed by atoms with Crippen molar-refractivity contribution in [3.63, 3.8) is 0 Å². The van der Waals surface area contributed by atoms with Gasteiger partial charge in [0.1, 0.15) is 0 Å². The summed E-state index contributed by atoms with van der Waals surface area (Å²) in [5.74, 6) is -3.11. The van der Waals surface area contributed by atoms with E-state index in [1.165, 1.54) is 18.2 Å². The number of alkyl halides is 1. The van der Waals surface area contributed by atoms with E-state index < -0.39 is 64.5 Å². The molecule has 0 saturated heterocycles. The van der Waals surface area contributed by atoms with E-state index in [0.717, 1.165) is 6.92 Å². The van der Waals surface area contributed by atoms with Crippen molar-refractivity contribution in [2.75, 3.05) is 6.61 Å². The predicted molar refractivity (Wildman–Crippen MR) is 106 cm³/mol. The van der Waals surface area contributed by atoms with Crippen molar-refractivity contribution in [2.45, 2.75) is 69.9 Å². The first-order chi connectivity index (χ1) is 14.3. The number of aliphatic hydroxyl groups excluding tert-OH is 2. The van der Waals surface area contributed by atoms with Crippen molar-refractivity contribution in [3.8, 4) is 0 Å². The van der Waals surface area contributed by atoms with Crippen LogP contribution in [0.25, 0.3) is 0 Å². The van der Waals surface area contributed by atoms with Crippen molar-refractivity contribution in [1.82, 2.24) is 0 Å². The minimum Gasteiger partial charge on any atom is -0.458 e. The summed E-state index contributed by atoms with van der Waals surface area (Å²) in [5.41, 5.74) is -6.28. The molecule has 0 spiro atoms. The Bertz CT molecular complexity index is 912. The van der Waals surface area contributed by atoms with Gasteiger partial charge in [0.05, 0.1) is 12.2 Å². The van der Waals surface area contributed by atoms with Gasteiger partial charge < -0.3 is 20.1 Å². The topological polar surface area (TPSA) is 121 Å². The van der Waals surface area contributed by atoms with Crippen LogP contribution in [-0.4, -0.2) is 62.9 Å². The van der Waals surface area contributed by atoms with Crippen LogP contribution < -0.4 is 0 Å². The number of ketones is 2. The van der Waals surface area contributed by atoms with Crippen LogP contribution in [0.5, 0.6) is 0 Å². The fourth-order valence-electron chi connectivity index (χ4n) is 7.01. The number of esters is 1. The van der Waals surface area contributed by atoms with Crippen LogP contribution in [0, 0.1) is 22.7 Å². The lowest BCUT2D eigenvalue weighted by Gasteiger charge is -2.62. The van der Waals surface area contributed by atoms with Crippen molar-refractivity contribution in [3.05, 3.63) is 23.8 Å². The summed E-state index contributed by atoms with van der Waals surface area (Å²) in [5, 5.41) is 33.4. The number of hydrogen-bond donors (Lipinski definition) is 3. The number of carbonyl (C=O) groups excluding carboxylic acids is 3. The van der Waals surface area contributed by atoms with Gasteiger partial charge in [-0.15, -0.1) is 0 Å². The van der Waals surface area contributed by atoms with Gasteiger partial charge in [-0.2, -0.15) is 0 Å². The Morgan fingerprint density at radius 1 is 1.23 bits per heavy atom. The fraction of sp³-hybridized carbons (Fsp3) is 0.696. The van der Waals surface area contributed by atoms with Gasteiger partial charge in [-0.25, -0.2) is 4.39 Å². The molecule has 4 rings (SSSR count). The molecule has 3 saturated carbocycles. The average molecular weight is 436 g/mol. The molecule has 4 aliphatic carbocycles. The molecular formula is C23H29FO7. The molecule has 4 aliphatic rings. The molecule has 3 fully saturated rings. The van der Waals surface area contributed by atoms with Gasteiger partial charge in [-0.3, -0.25) is 14.4 Å². The summed E-state index contributed by atoms with van der Waals surface area (Å²) < 4.78 is 21.7. The molecule has 0 radical (unpaired) electrons. The molecule has 8 unspecified atom stereocenters. The zero-order valence-electron chi connectivity index (χ0n) is 17.9. The number of fused-ring (bicyclic) bond motifs is 5. The first kappa shape index (κ1) is 22.3. The molecule has 7 nitrogen and oxygen atoms in total. The van der Waals surface area contributed by atoms with Crippen molar-refractivity contribution in [2.24, 2.45) is 22.7 Å². The lowest BCUT2D eigenvalue weighted by Crippen LogP contribution is -2.69. The van der Waals surface area contributed by atoms with Gasteiger partial charge >= 0.3 is 5.97 Å². The van der Waals surface area contributed by atoms with E-state index in [2.05, 4.69) is 0 Å². The lowest BCUT2D eigenvalue weighted by molar-refractivity contribution is -0.222. The minimum absolute atomic E-state index is 0.0142. The first-order valence-corrected chi connectivity index (χ1v) is 10.7. The highest BCUT2D eigenvalue weighted by atomic mass is 19.1. The number of hydrogen-bond acceptors (Lipinski definition) is 7. The summed E-state index contributed by atoms with van der Waals surface area (Å²) in [6.07, 6.45) is 1.74. The Labute approximate surface area is 180 Å². The Kier molecular flexibility index (Phi) is 4.89. The highest BCUT2D eigenvalue weighted by molar-refractivity contribution is 6.01. The van der Waals surface area contributed by atoms with Gasteiger partial charge in [0.15, 0.2) is 23.7 Å². The normalized spacial score (nSPS) is 48.4. The lowest BCUT2D eigenvalue weighted by atomic mass is 9.44. The maximum absolute atomic E-state index is 16.9. The molecule has 0 aliphatic heterocycles. The van der Waals surface area contributed by atoms with Gasteiger partial charge in [-0.1, -0.05) is 18.6 Å². The molecule has 0 aromatic heterocycles. The van der Waals surface area contributed by atoms with E-state index in [9.17, 15) is 29.7 Å². The highest BCUT2D eigenvalue weighted by Gasteiger charge is 2.76. The largest absolute Gasteiger partial charge is 0.458 e. The summed E-state index contributed by atoms with van der Waals surface area (Å²) in [6, 6.07) is 0. The van der Waals surface area contributed by atoms with Gasteiger partial charge in [-0.05, 0) is 50.7 Å². The summed E-state index contributed by atoms with van der Waals surface area (Å²) in [7, 11) is 0. The van der Waals surface area contributed by atoms with Gasteiger partial charge in [0.25, 0.3) is 0 Å². The van der Waals surface area contributed by atoms with E-state index in [1.54, 1.807) is 13.8 Å². The standard InChI is InChI=1S/C23H29FO7/c1-12(25)31-11-19(29)23(30)17(27)9-16-15-5-4-13-8-14(26)6-7-20(13,2)22(15,24)18(28)10-21(16,23)3/h6-8,15-18,27-28,30H,4-5,9-11H2,1-3H3. The molecule has 0 aromatic rings. The monoisotopic (exact) mass is 436 g/mol. The molecule has 3 N–H and O–H groups in total. The Morgan fingerprint density at radius 2 is 1.90 bits per heavy atom. The zero-order valence-corrected chi connectivity index (χ0v) is 17.9. The highest BCUT2D eigenvalue weighted by Crippen LogP contribution is 2.69. The third-order valence-electron chi connectivity index (χ3n) is 8.69. The molecular weight excluding hydrogens is 407 g/mol. The zero-order chi connectivity index (χ0) is 23.0. The van der Waals surface area contributed by atoms with Gasteiger partial charge in [0.2, 0.25) is 5.78 Å². The number of Topliss-reactive ketones (excluding diaryl/α,β-unsaturated/α-hetero) is 1. The van der Waals surface area contributed by atoms with Crippen molar-refractivity contribution in [1.29, 1.82) is 0 Å². The molecule has 8 atom stereocenters. The predicted octanol–water partition coefficient (Wildman–Crippen LogP) is 1.19. The SMILES string of the molecule is CC(=O)OCC(=O)C1(O)C(O)CC2C3CCC4=CC(=O)C=CC4(C)C3(F)C(O)CC21C. The van der Waals surface area contributed by atoms with E-state index in [0.29, 0.717) is 18.4 Å². The minimum atomic E-state index is -2.27. The second-order valence-electron chi connectivity index (χ2n) is 9.99. The van der Waals surface area contributed by atoms with Crippen LogP contribution >= 0.6 is 0 Å². The number of ether oxygens (including phenoxy) is 1. The Balaban J connectivity index is 1.76. The number of aliphatic hydroxyl groups is 3. The van der Waals surface area contributed by atoms with Crippen LogP contribution in [0.3, 0.4) is 0 Å². The first-order valence-electron chi connectivity index (χ1n) is 10.7. The van der Waals surface area contributed by atoms with E-state index in [1.807, 2.05) is 0 Å². The fourth-order valence-corrected chi connectivity index (χ4v) is 7.01. The average Bonchev–Trinajstić information content (AvgIpc) is 2.89. The Hall–Kier alpha value is -1.90. The summed E-state index contributed by atoms with van der Waals surface area (Å²) in [6.45, 7) is 3.69. The number of carbonyl (C=O) groups is 3. The van der Waals surface area contributed by atoms with Crippen molar-refractivity contribution < 1.29 is 38.8 Å². The molecule has 170 valence electrons. The van der Waals surface area contributed by atoms with Crippen molar-refractivity contribution >= 4 is 17.5 Å². The number of rotatable bonds is 3. The molecule has 0 heterocycles. The quantitative estimate of drug-likeness (QED) is 0.568. The smallest absolute Gasteiger partial charge is 0.303 e. The van der Waals surface area contributed by atoms with E-state index in [4.69, 9.17) is 4.74 Å². The molecule has 31 heavy (non-hydrogen) atoms. The molecule has 0 amide bonds. The second-order valence-corrected chi connectivity index (χ2v) is 9.99. The maximum Gasteiger partial charge on any atom is 0.303 e. The number of allylic oxidation sites excluding steroid dienone is 4. The van der Waals surface area contributed by atoms with Crippen LogP contribution in [-0.2, 0) is 19.1 Å². The number of halogens is 1. The third-order valence-corrected chi connectivity index (χ3v) is 8.69. The van der Waals surface area contributed by atoms with Crippen LogP contribution in [0.1, 0.15) is 46.5 Å². The molecule has 0 aromatic carbocycles. The summed E-state index contributed by atoms with van der Waals surface area (Å²) >= 11 is 0. The second kappa shape index (κ2) is 6.80. The maximum atomic E-state index is 16.9. The van der Waals surface area contributed by atoms with Gasteiger partial charge in [0, 0.05) is 23.7 Å². The third kappa shape index (κ3) is 2.64.